The van der Waals surface area contributed by atoms with E-state index in [4.69, 9.17) is 27.9 Å². The number of nitrogens with one attached hydrogen (secondary N) is 1. The van der Waals surface area contributed by atoms with Gasteiger partial charge >= 0.3 is 12.1 Å². The van der Waals surface area contributed by atoms with E-state index in [2.05, 4.69) is 5.32 Å². The number of carboxylic acids is 1. The standard InChI is InChI=1S/C17H20Cl2N2O4/c1-9(8-20-16(24)25-17(2,3)4)21-13-6-10(18)5-12(19)11(13)7-14(21)15(22)23/h5-7,9H,8H2,1-4H3,(H,20,24)(H,22,23)/t9-/m1/s1. The van der Waals surface area contributed by atoms with Crippen molar-refractivity contribution >= 4 is 46.2 Å². The van der Waals surface area contributed by atoms with Crippen LogP contribution in [-0.4, -0.2) is 33.9 Å². The zero-order valence-corrected chi connectivity index (χ0v) is 15.9. The monoisotopic (exact) mass is 386 g/mol. The van der Waals surface area contributed by atoms with Crippen LogP contribution in [0.15, 0.2) is 18.2 Å². The van der Waals surface area contributed by atoms with E-state index in [-0.39, 0.29) is 18.3 Å². The highest BCUT2D eigenvalue weighted by Crippen LogP contribution is 2.32. The Morgan fingerprint density at radius 2 is 1.92 bits per heavy atom. The van der Waals surface area contributed by atoms with E-state index in [1.807, 2.05) is 0 Å². The second-order valence-electron chi connectivity index (χ2n) is 6.76. The van der Waals surface area contributed by atoms with Crippen molar-refractivity contribution in [3.8, 4) is 0 Å². The summed E-state index contributed by atoms with van der Waals surface area (Å²) in [4.78, 5) is 23.4. The fraction of sp³-hybridized carbons (Fsp3) is 0.412. The van der Waals surface area contributed by atoms with Gasteiger partial charge in [-0.25, -0.2) is 9.59 Å². The van der Waals surface area contributed by atoms with E-state index in [1.54, 1.807) is 44.4 Å². The van der Waals surface area contributed by atoms with E-state index in [0.717, 1.165) is 0 Å². The fourth-order valence-electron chi connectivity index (χ4n) is 2.53. The Labute approximate surface area is 155 Å². The first kappa shape index (κ1) is 19.4. The molecule has 0 aliphatic carbocycles. The number of nitrogens with zero attached hydrogens (tertiary/aromatic N) is 1. The van der Waals surface area contributed by atoms with E-state index in [9.17, 15) is 14.7 Å². The topological polar surface area (TPSA) is 80.6 Å². The van der Waals surface area contributed by atoms with Gasteiger partial charge in [-0.1, -0.05) is 23.2 Å². The maximum Gasteiger partial charge on any atom is 0.407 e. The fourth-order valence-corrected chi connectivity index (χ4v) is 3.06. The average molecular weight is 387 g/mol. The molecular weight excluding hydrogens is 367 g/mol. The maximum absolute atomic E-state index is 11.8. The molecule has 1 amide bonds. The molecule has 0 saturated heterocycles. The molecule has 25 heavy (non-hydrogen) atoms. The number of carboxylic acid groups (broad SMARTS) is 1. The van der Waals surface area contributed by atoms with Crippen molar-refractivity contribution in [1.82, 2.24) is 9.88 Å². The molecule has 1 aromatic heterocycles. The van der Waals surface area contributed by atoms with Gasteiger partial charge in [0.2, 0.25) is 0 Å². The molecule has 6 nitrogen and oxygen atoms in total. The molecule has 2 aromatic rings. The minimum atomic E-state index is -1.09. The van der Waals surface area contributed by atoms with Crippen molar-refractivity contribution in [2.45, 2.75) is 39.3 Å². The summed E-state index contributed by atoms with van der Waals surface area (Å²) in [6.45, 7) is 7.27. The highest BCUT2D eigenvalue weighted by molar-refractivity contribution is 6.38. The number of alkyl carbamates (subject to hydrolysis) is 1. The highest BCUT2D eigenvalue weighted by atomic mass is 35.5. The molecule has 0 radical (unpaired) electrons. The Hall–Kier alpha value is -1.92. The van der Waals surface area contributed by atoms with Crippen LogP contribution in [0.25, 0.3) is 10.9 Å². The first-order valence-corrected chi connectivity index (χ1v) is 8.45. The number of aromatic carboxylic acids is 1. The van der Waals surface area contributed by atoms with Gasteiger partial charge in [0.25, 0.3) is 0 Å². The maximum atomic E-state index is 11.8. The second kappa shape index (κ2) is 7.14. The number of hydrogen-bond acceptors (Lipinski definition) is 3. The molecule has 2 rings (SSSR count). The summed E-state index contributed by atoms with van der Waals surface area (Å²) in [5, 5.41) is 13.5. The lowest BCUT2D eigenvalue weighted by Crippen LogP contribution is -2.35. The molecule has 1 aromatic carbocycles. The summed E-state index contributed by atoms with van der Waals surface area (Å²) in [5.74, 6) is -1.09. The molecule has 2 N–H and O–H groups in total. The Kier molecular flexibility index (Phi) is 5.54. The number of aromatic nitrogens is 1. The number of hydrogen-bond donors (Lipinski definition) is 2. The lowest BCUT2D eigenvalue weighted by molar-refractivity contribution is 0.0521. The number of halogens is 2. The molecule has 1 heterocycles. The number of fused-ring (bicyclic) bond motifs is 1. The quantitative estimate of drug-likeness (QED) is 0.795. The number of carbonyl (C=O) groups excluding carboxylic acids is 1. The van der Waals surface area contributed by atoms with Crippen molar-refractivity contribution in [2.75, 3.05) is 6.54 Å². The SMILES string of the molecule is C[C@H](CNC(=O)OC(C)(C)C)n1c(C(=O)O)cc2c(Cl)cc(Cl)cc21. The Morgan fingerprint density at radius 1 is 1.28 bits per heavy atom. The third-order valence-electron chi connectivity index (χ3n) is 3.47. The molecule has 1 atom stereocenters. The zero-order chi connectivity index (χ0) is 18.9. The summed E-state index contributed by atoms with van der Waals surface area (Å²) in [6, 6.07) is 4.36. The predicted molar refractivity (Wildman–Crippen MR) is 97.9 cm³/mol. The molecule has 0 spiro atoms. The van der Waals surface area contributed by atoms with Gasteiger partial charge in [-0.2, -0.15) is 0 Å². The van der Waals surface area contributed by atoms with Crippen molar-refractivity contribution in [3.05, 3.63) is 33.9 Å². The van der Waals surface area contributed by atoms with Crippen LogP contribution in [0.4, 0.5) is 4.79 Å². The smallest absolute Gasteiger partial charge is 0.407 e. The van der Waals surface area contributed by atoms with Crippen LogP contribution in [0.5, 0.6) is 0 Å². The summed E-state index contributed by atoms with van der Waals surface area (Å²) in [6.07, 6.45) is -0.566. The van der Waals surface area contributed by atoms with Crippen molar-refractivity contribution in [1.29, 1.82) is 0 Å². The van der Waals surface area contributed by atoms with E-state index >= 15 is 0 Å². The van der Waals surface area contributed by atoms with Crippen LogP contribution < -0.4 is 5.32 Å². The summed E-state index contributed by atoms with van der Waals surface area (Å²) >= 11 is 12.2. The number of amides is 1. The van der Waals surface area contributed by atoms with Gasteiger partial charge in [0.05, 0.1) is 10.5 Å². The zero-order valence-electron chi connectivity index (χ0n) is 14.4. The third-order valence-corrected chi connectivity index (χ3v) is 4.00. The van der Waals surface area contributed by atoms with Crippen LogP contribution >= 0.6 is 23.2 Å². The van der Waals surface area contributed by atoms with E-state index in [0.29, 0.717) is 20.9 Å². The van der Waals surface area contributed by atoms with Gasteiger partial charge < -0.3 is 19.7 Å². The lowest BCUT2D eigenvalue weighted by Gasteiger charge is -2.22. The molecule has 0 unspecified atom stereocenters. The van der Waals surface area contributed by atoms with Crippen LogP contribution in [-0.2, 0) is 4.74 Å². The summed E-state index contributed by atoms with van der Waals surface area (Å²) in [7, 11) is 0. The van der Waals surface area contributed by atoms with Crippen molar-refractivity contribution in [3.63, 3.8) is 0 Å². The van der Waals surface area contributed by atoms with Crippen LogP contribution in [0.3, 0.4) is 0 Å². The van der Waals surface area contributed by atoms with Crippen LogP contribution in [0.1, 0.15) is 44.2 Å². The minimum Gasteiger partial charge on any atom is -0.477 e. The number of benzene rings is 1. The largest absolute Gasteiger partial charge is 0.477 e. The summed E-state index contributed by atoms with van der Waals surface area (Å²) in [5.41, 5.74) is 0.0480. The van der Waals surface area contributed by atoms with Crippen molar-refractivity contribution < 1.29 is 19.4 Å². The third kappa shape index (κ3) is 4.58. The van der Waals surface area contributed by atoms with Crippen LogP contribution in [0.2, 0.25) is 10.0 Å². The van der Waals surface area contributed by atoms with Gasteiger partial charge in [0.1, 0.15) is 11.3 Å². The molecule has 136 valence electrons. The average Bonchev–Trinajstić information content (AvgIpc) is 2.82. The first-order chi connectivity index (χ1) is 11.5. The van der Waals surface area contributed by atoms with Gasteiger partial charge in [0.15, 0.2) is 0 Å². The van der Waals surface area contributed by atoms with Crippen molar-refractivity contribution in [2.24, 2.45) is 0 Å². The molecule has 0 bridgehead atoms. The number of rotatable bonds is 4. The highest BCUT2D eigenvalue weighted by Gasteiger charge is 2.22. The van der Waals surface area contributed by atoms with Gasteiger partial charge in [-0.05, 0) is 45.9 Å². The number of carbonyl (C=O) groups is 2. The Balaban J connectivity index is 2.33. The normalized spacial score (nSPS) is 12.9. The van der Waals surface area contributed by atoms with Gasteiger partial charge in [-0.15, -0.1) is 0 Å². The number of ether oxygens (including phenoxy) is 1. The molecule has 8 heteroatoms. The molecule has 0 aliphatic heterocycles. The Morgan fingerprint density at radius 3 is 2.48 bits per heavy atom. The summed E-state index contributed by atoms with van der Waals surface area (Å²) < 4.78 is 6.78. The molecule has 0 aliphatic rings. The molecule has 0 saturated carbocycles. The molecular formula is C17H20Cl2N2O4. The van der Waals surface area contributed by atoms with Crippen LogP contribution in [0, 0.1) is 0 Å². The van der Waals surface area contributed by atoms with Gasteiger partial charge in [-0.3, -0.25) is 0 Å². The minimum absolute atomic E-state index is 0.0673. The van der Waals surface area contributed by atoms with E-state index < -0.39 is 17.7 Å². The predicted octanol–water partition coefficient (Wildman–Crippen LogP) is 4.73. The van der Waals surface area contributed by atoms with E-state index in [1.165, 1.54) is 6.07 Å². The molecule has 0 fully saturated rings. The lowest BCUT2D eigenvalue weighted by atomic mass is 10.2. The Bertz CT molecular complexity index is 824. The first-order valence-electron chi connectivity index (χ1n) is 7.69. The second-order valence-corrected chi connectivity index (χ2v) is 7.60. The van der Waals surface area contributed by atoms with Gasteiger partial charge in [0, 0.05) is 23.0 Å².